The van der Waals surface area contributed by atoms with E-state index in [2.05, 4.69) is 16.8 Å². The minimum atomic E-state index is -0.132. The molecule has 0 aliphatic carbocycles. The first kappa shape index (κ1) is 8.08. The van der Waals surface area contributed by atoms with E-state index in [1.807, 2.05) is 0 Å². The van der Waals surface area contributed by atoms with Crippen LogP contribution in [0.3, 0.4) is 0 Å². The maximum atomic E-state index is 9.85. The van der Waals surface area contributed by atoms with Gasteiger partial charge in [-0.15, -0.1) is 0 Å². The van der Waals surface area contributed by atoms with Crippen molar-refractivity contribution >= 4 is 12.1 Å². The summed E-state index contributed by atoms with van der Waals surface area (Å²) in [5, 5.41) is 9.06. The summed E-state index contributed by atoms with van der Waals surface area (Å²) in [7, 11) is 0. The lowest BCUT2D eigenvalue weighted by atomic mass is 10.3. The average Bonchev–Trinajstić information content (AvgIpc) is 2.07. The van der Waals surface area contributed by atoms with Crippen LogP contribution in [0.15, 0.2) is 12.3 Å². The number of aldehydes is 1. The van der Waals surface area contributed by atoms with Crippen LogP contribution in [0.1, 0.15) is 5.56 Å². The highest BCUT2D eigenvalue weighted by molar-refractivity contribution is 5.74. The molecular formula is C8H6N2O2. The van der Waals surface area contributed by atoms with Crippen LogP contribution in [0.5, 0.6) is 5.75 Å². The predicted molar refractivity (Wildman–Crippen MR) is 43.3 cm³/mol. The predicted octanol–water partition coefficient (Wildman–Crippen LogP) is -0.0802. The fourth-order valence-electron chi connectivity index (χ4n) is 0.645. The quantitative estimate of drug-likeness (QED) is 0.413. The molecule has 0 saturated carbocycles. The van der Waals surface area contributed by atoms with Crippen LogP contribution < -0.4 is 5.73 Å². The first-order valence-corrected chi connectivity index (χ1v) is 3.13. The molecule has 60 valence electrons. The number of rotatable bonds is 0. The van der Waals surface area contributed by atoms with Gasteiger partial charge in [-0.25, -0.2) is 4.98 Å². The van der Waals surface area contributed by atoms with E-state index < -0.39 is 0 Å². The van der Waals surface area contributed by atoms with Crippen LogP contribution in [0.25, 0.3) is 0 Å². The van der Waals surface area contributed by atoms with E-state index in [0.29, 0.717) is 11.8 Å². The third-order valence-electron chi connectivity index (χ3n) is 1.17. The zero-order chi connectivity index (χ0) is 8.97. The number of aromatic hydroxyl groups is 1. The fourth-order valence-corrected chi connectivity index (χ4v) is 0.645. The molecule has 0 fully saturated rings. The first-order chi connectivity index (χ1) is 5.74. The Hall–Kier alpha value is -2.02. The molecule has 12 heavy (non-hydrogen) atoms. The van der Waals surface area contributed by atoms with Crippen molar-refractivity contribution in [2.24, 2.45) is 0 Å². The molecule has 1 rings (SSSR count). The van der Waals surface area contributed by atoms with E-state index in [0.717, 1.165) is 0 Å². The van der Waals surface area contributed by atoms with Crippen molar-refractivity contribution in [2.75, 3.05) is 5.73 Å². The Kier molecular flexibility index (Phi) is 2.29. The molecule has 3 N–H and O–H groups in total. The number of pyridine rings is 1. The van der Waals surface area contributed by atoms with E-state index in [9.17, 15) is 4.79 Å². The molecule has 0 spiro atoms. The summed E-state index contributed by atoms with van der Waals surface area (Å²) in [5.41, 5.74) is 5.69. The van der Waals surface area contributed by atoms with Crippen LogP contribution in [-0.4, -0.2) is 16.4 Å². The summed E-state index contributed by atoms with van der Waals surface area (Å²) >= 11 is 0. The number of nitrogens with zero attached hydrogens (tertiary/aromatic N) is 1. The van der Waals surface area contributed by atoms with E-state index in [1.54, 1.807) is 0 Å². The number of anilines is 1. The average molecular weight is 162 g/mol. The minimum Gasteiger partial charge on any atom is -0.504 e. The van der Waals surface area contributed by atoms with Gasteiger partial charge in [-0.1, -0.05) is 5.92 Å². The molecule has 0 aromatic carbocycles. The molecular weight excluding hydrogens is 156 g/mol. The van der Waals surface area contributed by atoms with Crippen LogP contribution in [-0.2, 0) is 4.79 Å². The molecule has 0 atom stereocenters. The second-order valence-electron chi connectivity index (χ2n) is 2.02. The highest BCUT2D eigenvalue weighted by atomic mass is 16.3. The number of hydrogen-bond acceptors (Lipinski definition) is 4. The van der Waals surface area contributed by atoms with Crippen LogP contribution >= 0.6 is 0 Å². The van der Waals surface area contributed by atoms with E-state index in [-0.39, 0.29) is 11.6 Å². The smallest absolute Gasteiger partial charge is 0.193 e. The third kappa shape index (κ3) is 1.73. The number of hydrogen-bond donors (Lipinski definition) is 2. The largest absolute Gasteiger partial charge is 0.504 e. The summed E-state index contributed by atoms with van der Waals surface area (Å²) in [4.78, 5) is 13.5. The maximum Gasteiger partial charge on any atom is 0.193 e. The molecule has 0 radical (unpaired) electrons. The van der Waals surface area contributed by atoms with Gasteiger partial charge >= 0.3 is 0 Å². The summed E-state index contributed by atoms with van der Waals surface area (Å²) in [6.45, 7) is 0. The molecule has 1 heterocycles. The van der Waals surface area contributed by atoms with Crippen molar-refractivity contribution in [2.45, 2.75) is 0 Å². The van der Waals surface area contributed by atoms with Crippen molar-refractivity contribution in [3.05, 3.63) is 17.8 Å². The second-order valence-corrected chi connectivity index (χ2v) is 2.02. The SMILES string of the molecule is Nc1ncc(C#CC=O)cc1O. The Morgan fingerprint density at radius 1 is 1.67 bits per heavy atom. The minimum absolute atomic E-state index is 0.0478. The molecule has 1 aromatic heterocycles. The zero-order valence-electron chi connectivity index (χ0n) is 6.11. The molecule has 0 amide bonds. The van der Waals surface area contributed by atoms with Gasteiger partial charge in [0.15, 0.2) is 17.9 Å². The maximum absolute atomic E-state index is 9.85. The van der Waals surface area contributed by atoms with Crippen molar-refractivity contribution in [3.8, 4) is 17.6 Å². The lowest BCUT2D eigenvalue weighted by molar-refractivity contribution is -0.103. The summed E-state index contributed by atoms with van der Waals surface area (Å²) in [5.74, 6) is 4.57. The highest BCUT2D eigenvalue weighted by Crippen LogP contribution is 2.16. The van der Waals surface area contributed by atoms with Crippen molar-refractivity contribution in [1.29, 1.82) is 0 Å². The summed E-state index contributed by atoms with van der Waals surface area (Å²) < 4.78 is 0. The third-order valence-corrected chi connectivity index (χ3v) is 1.17. The van der Waals surface area contributed by atoms with Crippen LogP contribution in [0.2, 0.25) is 0 Å². The Bertz CT molecular complexity index is 363. The number of nitrogen functional groups attached to an aromatic ring is 1. The fraction of sp³-hybridized carbons (Fsp3) is 0. The van der Waals surface area contributed by atoms with E-state index >= 15 is 0 Å². The Labute approximate surface area is 69.0 Å². The number of nitrogens with two attached hydrogens (primary N) is 1. The van der Waals surface area contributed by atoms with E-state index in [4.69, 9.17) is 10.8 Å². The number of carbonyl (C=O) groups is 1. The van der Waals surface area contributed by atoms with Gasteiger partial charge in [-0.05, 0) is 5.92 Å². The number of aromatic nitrogens is 1. The Balaban J connectivity index is 3.04. The topological polar surface area (TPSA) is 76.2 Å². The molecule has 0 unspecified atom stereocenters. The van der Waals surface area contributed by atoms with Gasteiger partial charge < -0.3 is 10.8 Å². The summed E-state index contributed by atoms with van der Waals surface area (Å²) in [6, 6.07) is 1.35. The van der Waals surface area contributed by atoms with Crippen molar-refractivity contribution in [3.63, 3.8) is 0 Å². The highest BCUT2D eigenvalue weighted by Gasteiger charge is 1.96. The summed E-state index contributed by atoms with van der Waals surface area (Å²) in [6.07, 6.45) is 1.85. The van der Waals surface area contributed by atoms with Gasteiger partial charge in [0.1, 0.15) is 0 Å². The number of carbonyl (C=O) groups excluding carboxylic acids is 1. The zero-order valence-corrected chi connectivity index (χ0v) is 6.11. The van der Waals surface area contributed by atoms with E-state index in [1.165, 1.54) is 12.3 Å². The normalized spacial score (nSPS) is 8.33. The van der Waals surface area contributed by atoms with Crippen LogP contribution in [0, 0.1) is 11.8 Å². The van der Waals surface area contributed by atoms with Gasteiger partial charge in [-0.3, -0.25) is 4.79 Å². The standard InChI is InChI=1S/C8H6N2O2/c9-8-7(12)4-6(5-10-8)2-1-3-11/h3-5,12H,(H2,9,10). The van der Waals surface area contributed by atoms with Gasteiger partial charge in [0.25, 0.3) is 0 Å². The lowest BCUT2D eigenvalue weighted by Gasteiger charge is -1.95. The monoisotopic (exact) mass is 162 g/mol. The van der Waals surface area contributed by atoms with Gasteiger partial charge in [0, 0.05) is 17.8 Å². The van der Waals surface area contributed by atoms with Gasteiger partial charge in [0.2, 0.25) is 0 Å². The first-order valence-electron chi connectivity index (χ1n) is 3.13. The lowest BCUT2D eigenvalue weighted by Crippen LogP contribution is -1.90. The van der Waals surface area contributed by atoms with Gasteiger partial charge in [-0.2, -0.15) is 0 Å². The molecule has 0 saturated heterocycles. The van der Waals surface area contributed by atoms with Crippen LogP contribution in [0.4, 0.5) is 5.82 Å². The molecule has 4 heteroatoms. The Morgan fingerprint density at radius 3 is 3.00 bits per heavy atom. The molecule has 0 aliphatic heterocycles. The second kappa shape index (κ2) is 3.39. The van der Waals surface area contributed by atoms with Crippen molar-refractivity contribution in [1.82, 2.24) is 4.98 Å². The molecule has 1 aromatic rings. The molecule has 4 nitrogen and oxygen atoms in total. The van der Waals surface area contributed by atoms with Gasteiger partial charge in [0.05, 0.1) is 0 Å². The van der Waals surface area contributed by atoms with Crippen molar-refractivity contribution < 1.29 is 9.90 Å². The molecule has 0 bridgehead atoms. The molecule has 0 aliphatic rings. The Morgan fingerprint density at radius 2 is 2.42 bits per heavy atom.